The van der Waals surface area contributed by atoms with E-state index in [9.17, 15) is 14.4 Å². The quantitative estimate of drug-likeness (QED) is 0.712. The number of carbonyl (C=O) groups excluding carboxylic acids is 3. The number of rotatable bonds is 8. The van der Waals surface area contributed by atoms with Crippen molar-refractivity contribution < 1.29 is 19.1 Å². The third kappa shape index (κ3) is 5.42. The van der Waals surface area contributed by atoms with E-state index < -0.39 is 24.4 Å². The Balaban J connectivity index is 1.60. The van der Waals surface area contributed by atoms with E-state index in [-0.39, 0.29) is 18.5 Å². The van der Waals surface area contributed by atoms with Crippen molar-refractivity contribution >= 4 is 17.8 Å². The fourth-order valence-electron chi connectivity index (χ4n) is 2.89. The van der Waals surface area contributed by atoms with Crippen LogP contribution in [0.5, 0.6) is 0 Å². The maximum Gasteiger partial charge on any atom is 0.318 e. The fraction of sp³-hybridized carbons (Fsp3) is 0.318. The summed E-state index contributed by atoms with van der Waals surface area (Å²) in [6, 6.07) is 18.8. The summed E-state index contributed by atoms with van der Waals surface area (Å²) >= 11 is 0. The lowest BCUT2D eigenvalue weighted by molar-refractivity contribution is -0.152. The zero-order chi connectivity index (χ0) is 19.9. The highest BCUT2D eigenvalue weighted by atomic mass is 16.5. The van der Waals surface area contributed by atoms with Crippen molar-refractivity contribution in [3.8, 4) is 0 Å². The second-order valence-electron chi connectivity index (χ2n) is 6.95. The predicted octanol–water partition coefficient (Wildman–Crippen LogP) is 2.10. The topological polar surface area (TPSA) is 75.7 Å². The summed E-state index contributed by atoms with van der Waals surface area (Å²) in [5.41, 5.74) is 1.59. The van der Waals surface area contributed by atoms with E-state index >= 15 is 0 Å². The number of likely N-dealkylation sites (N-methyl/N-ethyl adjacent to an activating group) is 1. The lowest BCUT2D eigenvalue weighted by Crippen LogP contribution is -2.41. The summed E-state index contributed by atoms with van der Waals surface area (Å²) in [6.45, 7) is -0.449. The lowest BCUT2D eigenvalue weighted by Gasteiger charge is -2.19. The number of carbonyl (C=O) groups is 3. The average molecular weight is 380 g/mol. The Kier molecular flexibility index (Phi) is 6.42. The van der Waals surface area contributed by atoms with E-state index in [4.69, 9.17) is 4.74 Å². The summed E-state index contributed by atoms with van der Waals surface area (Å²) in [7, 11) is 1.52. The summed E-state index contributed by atoms with van der Waals surface area (Å²) in [6.07, 6.45) is 1.97. The van der Waals surface area contributed by atoms with Crippen molar-refractivity contribution in [3.05, 3.63) is 71.8 Å². The molecule has 0 radical (unpaired) electrons. The van der Waals surface area contributed by atoms with Gasteiger partial charge in [0.15, 0.2) is 6.61 Å². The van der Waals surface area contributed by atoms with Gasteiger partial charge in [-0.1, -0.05) is 60.7 Å². The van der Waals surface area contributed by atoms with Crippen molar-refractivity contribution in [2.75, 3.05) is 20.2 Å². The molecule has 3 rings (SSSR count). The molecular formula is C22H24N2O4. The highest BCUT2D eigenvalue weighted by molar-refractivity contribution is 5.88. The normalized spacial score (nSPS) is 13.1. The molecule has 2 aromatic carbocycles. The number of amides is 2. The van der Waals surface area contributed by atoms with Crippen LogP contribution in [0, 0.1) is 0 Å². The first-order valence-corrected chi connectivity index (χ1v) is 9.34. The molecule has 6 nitrogen and oxygen atoms in total. The first-order chi connectivity index (χ1) is 13.5. The Morgan fingerprint density at radius 3 is 2.04 bits per heavy atom. The monoisotopic (exact) mass is 380 g/mol. The number of hydrogen-bond donors (Lipinski definition) is 1. The van der Waals surface area contributed by atoms with Gasteiger partial charge in [-0.05, 0) is 24.0 Å². The van der Waals surface area contributed by atoms with Gasteiger partial charge in [-0.2, -0.15) is 0 Å². The van der Waals surface area contributed by atoms with Crippen molar-refractivity contribution in [3.63, 3.8) is 0 Å². The molecule has 1 aliphatic rings. The van der Waals surface area contributed by atoms with Gasteiger partial charge in [0.1, 0.15) is 5.92 Å². The van der Waals surface area contributed by atoms with Gasteiger partial charge in [-0.25, -0.2) is 0 Å². The van der Waals surface area contributed by atoms with E-state index in [1.807, 2.05) is 60.7 Å². The Morgan fingerprint density at radius 2 is 1.54 bits per heavy atom. The smallest absolute Gasteiger partial charge is 0.318 e. The van der Waals surface area contributed by atoms with Crippen LogP contribution in [0.1, 0.15) is 29.9 Å². The molecule has 6 heteroatoms. The molecule has 1 aliphatic carbocycles. The molecule has 2 amide bonds. The van der Waals surface area contributed by atoms with Gasteiger partial charge in [-0.3, -0.25) is 14.4 Å². The molecule has 1 fully saturated rings. The van der Waals surface area contributed by atoms with Gasteiger partial charge < -0.3 is 15.0 Å². The molecule has 2 aromatic rings. The lowest BCUT2D eigenvalue weighted by atomic mass is 9.91. The average Bonchev–Trinajstić information content (AvgIpc) is 3.51. The van der Waals surface area contributed by atoms with Gasteiger partial charge in [0.05, 0.1) is 6.54 Å². The van der Waals surface area contributed by atoms with E-state index in [0.717, 1.165) is 24.0 Å². The Labute approximate surface area is 164 Å². The maximum atomic E-state index is 12.8. The zero-order valence-corrected chi connectivity index (χ0v) is 15.8. The molecule has 1 N–H and O–H groups in total. The van der Waals surface area contributed by atoms with Gasteiger partial charge in [0, 0.05) is 13.1 Å². The minimum absolute atomic E-state index is 0.0479. The number of nitrogens with one attached hydrogen (secondary N) is 1. The van der Waals surface area contributed by atoms with E-state index in [1.54, 1.807) is 0 Å². The van der Waals surface area contributed by atoms with Crippen LogP contribution in [0.3, 0.4) is 0 Å². The molecule has 0 bridgehead atoms. The molecule has 0 saturated heterocycles. The minimum Gasteiger partial charge on any atom is -0.455 e. The van der Waals surface area contributed by atoms with E-state index in [0.29, 0.717) is 0 Å². The van der Waals surface area contributed by atoms with Crippen LogP contribution in [0.2, 0.25) is 0 Å². The number of esters is 1. The van der Waals surface area contributed by atoms with Crippen molar-refractivity contribution in [2.45, 2.75) is 24.8 Å². The maximum absolute atomic E-state index is 12.8. The third-order valence-corrected chi connectivity index (χ3v) is 4.59. The number of hydrogen-bond acceptors (Lipinski definition) is 4. The molecule has 0 spiro atoms. The molecule has 0 unspecified atom stereocenters. The predicted molar refractivity (Wildman–Crippen MR) is 104 cm³/mol. The summed E-state index contributed by atoms with van der Waals surface area (Å²) in [4.78, 5) is 38.1. The van der Waals surface area contributed by atoms with E-state index in [1.165, 1.54) is 11.9 Å². The number of benzene rings is 2. The first kappa shape index (κ1) is 19.6. The standard InChI is InChI=1S/C22H24N2O4/c1-24(14-19(25)23-18-12-13-18)20(26)15-28-22(27)21(16-8-4-2-5-9-16)17-10-6-3-7-11-17/h2-11,18,21H,12-15H2,1H3,(H,23,25). The van der Waals surface area contributed by atoms with Crippen molar-refractivity contribution in [1.82, 2.24) is 10.2 Å². The van der Waals surface area contributed by atoms with Gasteiger partial charge >= 0.3 is 5.97 Å². The second kappa shape index (κ2) is 9.17. The van der Waals surface area contributed by atoms with E-state index in [2.05, 4.69) is 5.32 Å². The fourth-order valence-corrected chi connectivity index (χ4v) is 2.89. The summed E-state index contributed by atoms with van der Waals surface area (Å²) in [5, 5.41) is 2.83. The highest BCUT2D eigenvalue weighted by Crippen LogP contribution is 2.26. The SMILES string of the molecule is CN(CC(=O)NC1CC1)C(=O)COC(=O)C(c1ccccc1)c1ccccc1. The Morgan fingerprint density at radius 1 is 1.00 bits per heavy atom. The molecular weight excluding hydrogens is 356 g/mol. The van der Waals surface area contributed by atoms with Crippen LogP contribution in [0.25, 0.3) is 0 Å². The van der Waals surface area contributed by atoms with Gasteiger partial charge in [0.25, 0.3) is 5.91 Å². The zero-order valence-electron chi connectivity index (χ0n) is 15.8. The number of nitrogens with zero attached hydrogens (tertiary/aromatic N) is 1. The highest BCUT2D eigenvalue weighted by Gasteiger charge is 2.27. The molecule has 0 heterocycles. The van der Waals surface area contributed by atoms with Crippen LogP contribution in [0.15, 0.2) is 60.7 Å². The molecule has 0 aliphatic heterocycles. The second-order valence-corrected chi connectivity index (χ2v) is 6.95. The molecule has 0 aromatic heterocycles. The van der Waals surface area contributed by atoms with Crippen LogP contribution >= 0.6 is 0 Å². The van der Waals surface area contributed by atoms with Crippen LogP contribution in [-0.4, -0.2) is 48.9 Å². The largest absolute Gasteiger partial charge is 0.455 e. The Hall–Kier alpha value is -3.15. The van der Waals surface area contributed by atoms with Crippen molar-refractivity contribution in [2.24, 2.45) is 0 Å². The van der Waals surface area contributed by atoms with Crippen LogP contribution < -0.4 is 5.32 Å². The summed E-state index contributed by atoms with van der Waals surface area (Å²) in [5.74, 6) is -1.73. The van der Waals surface area contributed by atoms with Crippen molar-refractivity contribution in [1.29, 1.82) is 0 Å². The van der Waals surface area contributed by atoms with Gasteiger partial charge in [-0.15, -0.1) is 0 Å². The first-order valence-electron chi connectivity index (χ1n) is 9.34. The van der Waals surface area contributed by atoms with Gasteiger partial charge in [0.2, 0.25) is 5.91 Å². The summed E-state index contributed by atoms with van der Waals surface area (Å²) < 4.78 is 5.31. The van der Waals surface area contributed by atoms with Crippen LogP contribution in [0.4, 0.5) is 0 Å². The molecule has 28 heavy (non-hydrogen) atoms. The molecule has 146 valence electrons. The minimum atomic E-state index is -0.612. The third-order valence-electron chi connectivity index (χ3n) is 4.59. The number of ether oxygens (including phenoxy) is 1. The molecule has 0 atom stereocenters. The molecule has 1 saturated carbocycles. The van der Waals surface area contributed by atoms with Crippen LogP contribution in [-0.2, 0) is 19.1 Å². The Bertz CT molecular complexity index is 779.